The van der Waals surface area contributed by atoms with E-state index < -0.39 is 0 Å². The average molecular weight is 253 g/mol. The van der Waals surface area contributed by atoms with Gasteiger partial charge in [0.1, 0.15) is 0 Å². The Hall–Kier alpha value is -0.120. The number of rotatable bonds is 2. The third-order valence-electron chi connectivity index (χ3n) is 4.96. The summed E-state index contributed by atoms with van der Waals surface area (Å²) in [5.74, 6) is 0.846. The molecule has 2 aliphatic heterocycles. The molecule has 0 aromatic heterocycles. The van der Waals surface area contributed by atoms with Crippen LogP contribution in [-0.4, -0.2) is 37.5 Å². The van der Waals surface area contributed by atoms with Crippen LogP contribution in [0.2, 0.25) is 0 Å². The highest BCUT2D eigenvalue weighted by Crippen LogP contribution is 2.37. The van der Waals surface area contributed by atoms with Crippen molar-refractivity contribution in [3.8, 4) is 0 Å². The number of hydrogen-bond donors (Lipinski definition) is 1. The Kier molecular flexibility index (Phi) is 3.92. The van der Waals surface area contributed by atoms with Gasteiger partial charge in [-0.15, -0.1) is 0 Å². The van der Waals surface area contributed by atoms with Crippen LogP contribution in [0.5, 0.6) is 0 Å². The molecule has 2 heterocycles. The number of piperidine rings is 1. The zero-order valence-electron chi connectivity index (χ0n) is 11.6. The summed E-state index contributed by atoms with van der Waals surface area (Å²) in [4.78, 5) is 0. The van der Waals surface area contributed by atoms with Crippen molar-refractivity contribution in [2.75, 3.05) is 19.7 Å². The molecule has 104 valence electrons. The van der Waals surface area contributed by atoms with Gasteiger partial charge in [0.15, 0.2) is 0 Å². The first kappa shape index (κ1) is 12.9. The van der Waals surface area contributed by atoms with E-state index in [0.717, 1.165) is 44.9 Å². The van der Waals surface area contributed by atoms with Crippen molar-refractivity contribution in [3.05, 3.63) is 0 Å². The highest BCUT2D eigenvalue weighted by Gasteiger charge is 2.42. The molecule has 0 amide bonds. The van der Waals surface area contributed by atoms with E-state index in [-0.39, 0.29) is 5.60 Å². The van der Waals surface area contributed by atoms with Crippen LogP contribution in [0, 0.1) is 5.92 Å². The van der Waals surface area contributed by atoms with E-state index >= 15 is 0 Å². The molecule has 3 atom stereocenters. The van der Waals surface area contributed by atoms with E-state index in [1.165, 1.54) is 25.7 Å². The lowest BCUT2D eigenvalue weighted by molar-refractivity contribution is -0.0460. The molecule has 0 radical (unpaired) electrons. The molecule has 1 aliphatic carbocycles. The van der Waals surface area contributed by atoms with Gasteiger partial charge >= 0.3 is 0 Å². The van der Waals surface area contributed by atoms with E-state index in [0.29, 0.717) is 12.2 Å². The second-order valence-electron chi connectivity index (χ2n) is 6.60. The Bertz CT molecular complexity index is 276. The minimum absolute atomic E-state index is 0.149. The van der Waals surface area contributed by atoms with E-state index in [1.807, 2.05) is 0 Å². The molecule has 0 bridgehead atoms. The second-order valence-corrected chi connectivity index (χ2v) is 6.60. The summed E-state index contributed by atoms with van der Waals surface area (Å²) in [6.45, 7) is 5.39. The Morgan fingerprint density at radius 3 is 2.78 bits per heavy atom. The third kappa shape index (κ3) is 2.89. The molecule has 1 N–H and O–H groups in total. The Morgan fingerprint density at radius 2 is 2.00 bits per heavy atom. The topological polar surface area (TPSA) is 30.5 Å². The lowest BCUT2D eigenvalue weighted by Gasteiger charge is -2.33. The van der Waals surface area contributed by atoms with E-state index in [1.54, 1.807) is 0 Å². The molecule has 18 heavy (non-hydrogen) atoms. The van der Waals surface area contributed by atoms with E-state index in [4.69, 9.17) is 9.47 Å². The zero-order valence-corrected chi connectivity index (χ0v) is 11.6. The van der Waals surface area contributed by atoms with Gasteiger partial charge < -0.3 is 14.8 Å². The Balaban J connectivity index is 1.49. The molecule has 1 saturated carbocycles. The van der Waals surface area contributed by atoms with E-state index in [2.05, 4.69) is 12.2 Å². The molecule has 3 aliphatic rings. The van der Waals surface area contributed by atoms with Gasteiger partial charge in [0, 0.05) is 6.42 Å². The summed E-state index contributed by atoms with van der Waals surface area (Å²) in [6.07, 6.45) is 9.55. The quantitative estimate of drug-likeness (QED) is 0.820. The van der Waals surface area contributed by atoms with Crippen LogP contribution in [0.25, 0.3) is 0 Å². The first-order valence-electron chi connectivity index (χ1n) is 7.76. The third-order valence-corrected chi connectivity index (χ3v) is 4.96. The SMILES string of the molecule is CC1CCCC(OC2COC3(CCNCC3)C2)C1. The van der Waals surface area contributed by atoms with Gasteiger partial charge in [-0.1, -0.05) is 19.8 Å². The molecular formula is C15H27NO2. The van der Waals surface area contributed by atoms with Crippen LogP contribution in [0.4, 0.5) is 0 Å². The van der Waals surface area contributed by atoms with Crippen molar-refractivity contribution in [2.24, 2.45) is 5.92 Å². The molecule has 3 fully saturated rings. The second kappa shape index (κ2) is 5.48. The fraction of sp³-hybridized carbons (Fsp3) is 1.00. The monoisotopic (exact) mass is 253 g/mol. The summed E-state index contributed by atoms with van der Waals surface area (Å²) < 4.78 is 12.4. The summed E-state index contributed by atoms with van der Waals surface area (Å²) in [6, 6.07) is 0. The van der Waals surface area contributed by atoms with E-state index in [9.17, 15) is 0 Å². The van der Waals surface area contributed by atoms with Gasteiger partial charge in [-0.05, 0) is 44.7 Å². The van der Waals surface area contributed by atoms with Crippen LogP contribution in [0.15, 0.2) is 0 Å². The highest BCUT2D eigenvalue weighted by atomic mass is 16.6. The fourth-order valence-electron chi connectivity index (χ4n) is 3.89. The summed E-state index contributed by atoms with van der Waals surface area (Å²) >= 11 is 0. The van der Waals surface area contributed by atoms with Crippen molar-refractivity contribution >= 4 is 0 Å². The molecular weight excluding hydrogens is 226 g/mol. The fourth-order valence-corrected chi connectivity index (χ4v) is 3.89. The van der Waals surface area contributed by atoms with Crippen LogP contribution in [0.3, 0.4) is 0 Å². The van der Waals surface area contributed by atoms with Gasteiger partial charge in [0.25, 0.3) is 0 Å². The van der Waals surface area contributed by atoms with Crippen molar-refractivity contribution in [1.29, 1.82) is 0 Å². The Morgan fingerprint density at radius 1 is 1.17 bits per heavy atom. The van der Waals surface area contributed by atoms with Crippen LogP contribution >= 0.6 is 0 Å². The molecule has 1 spiro atoms. The molecule has 3 rings (SSSR count). The molecule has 3 nitrogen and oxygen atoms in total. The van der Waals surface area contributed by atoms with Crippen LogP contribution in [-0.2, 0) is 9.47 Å². The summed E-state index contributed by atoms with van der Waals surface area (Å²) in [7, 11) is 0. The Labute approximate surface area is 111 Å². The van der Waals surface area contributed by atoms with Gasteiger partial charge in [-0.2, -0.15) is 0 Å². The normalized spacial score (nSPS) is 40.2. The minimum atomic E-state index is 0.149. The standard InChI is InChI=1S/C15H27NO2/c1-12-3-2-4-13(9-12)18-14-10-15(17-11-14)5-7-16-8-6-15/h12-14,16H,2-11H2,1H3. The van der Waals surface area contributed by atoms with Crippen molar-refractivity contribution in [1.82, 2.24) is 5.32 Å². The smallest absolute Gasteiger partial charge is 0.0840 e. The van der Waals surface area contributed by atoms with Gasteiger partial charge in [0.05, 0.1) is 24.4 Å². The number of ether oxygens (including phenoxy) is 2. The maximum Gasteiger partial charge on any atom is 0.0840 e. The maximum atomic E-state index is 6.30. The predicted octanol–water partition coefficient (Wildman–Crippen LogP) is 2.49. The molecule has 0 aromatic carbocycles. The minimum Gasteiger partial charge on any atom is -0.372 e. The molecule has 2 saturated heterocycles. The first-order valence-corrected chi connectivity index (χ1v) is 7.76. The maximum absolute atomic E-state index is 6.30. The predicted molar refractivity (Wildman–Crippen MR) is 71.7 cm³/mol. The lowest BCUT2D eigenvalue weighted by atomic mass is 9.87. The zero-order chi connectivity index (χ0) is 12.4. The number of nitrogens with one attached hydrogen (secondary N) is 1. The highest BCUT2D eigenvalue weighted by molar-refractivity contribution is 4.93. The summed E-state index contributed by atoms with van der Waals surface area (Å²) in [5, 5.41) is 3.42. The van der Waals surface area contributed by atoms with Crippen molar-refractivity contribution < 1.29 is 9.47 Å². The lowest BCUT2D eigenvalue weighted by Crippen LogP contribution is -2.41. The average Bonchev–Trinajstić information content (AvgIpc) is 2.73. The molecule has 3 unspecified atom stereocenters. The van der Waals surface area contributed by atoms with Gasteiger partial charge in [-0.3, -0.25) is 0 Å². The van der Waals surface area contributed by atoms with Gasteiger partial charge in [-0.25, -0.2) is 0 Å². The summed E-state index contributed by atoms with van der Waals surface area (Å²) in [5.41, 5.74) is 0.149. The van der Waals surface area contributed by atoms with Crippen LogP contribution in [0.1, 0.15) is 51.9 Å². The van der Waals surface area contributed by atoms with Crippen LogP contribution < -0.4 is 5.32 Å². The largest absolute Gasteiger partial charge is 0.372 e. The number of hydrogen-bond acceptors (Lipinski definition) is 3. The molecule has 0 aromatic rings. The van der Waals surface area contributed by atoms with Crippen molar-refractivity contribution in [2.45, 2.75) is 69.7 Å². The first-order chi connectivity index (χ1) is 8.76. The van der Waals surface area contributed by atoms with Crippen molar-refractivity contribution in [3.63, 3.8) is 0 Å². The molecule has 3 heteroatoms. The van der Waals surface area contributed by atoms with Gasteiger partial charge in [0.2, 0.25) is 0 Å².